The van der Waals surface area contributed by atoms with Crippen LogP contribution in [0, 0.1) is 0 Å². The first-order valence-corrected chi connectivity index (χ1v) is 9.63. The third-order valence-corrected chi connectivity index (χ3v) is 4.36. The van der Waals surface area contributed by atoms with Crippen molar-refractivity contribution in [1.29, 1.82) is 0 Å². The lowest BCUT2D eigenvalue weighted by Gasteiger charge is -2.28. The van der Waals surface area contributed by atoms with Crippen molar-refractivity contribution in [2.75, 3.05) is 13.2 Å². The Hall–Kier alpha value is -1.95. The number of hydrogen-bond acceptors (Lipinski definition) is 5. The summed E-state index contributed by atoms with van der Waals surface area (Å²) in [6.07, 6.45) is 0.829. The third kappa shape index (κ3) is 6.94. The lowest BCUT2D eigenvalue weighted by Crippen LogP contribution is -2.40. The second-order valence-electron chi connectivity index (χ2n) is 7.56. The van der Waals surface area contributed by atoms with Crippen LogP contribution in [0.2, 0.25) is 5.02 Å². The molecule has 1 aliphatic heterocycles. The van der Waals surface area contributed by atoms with E-state index in [1.54, 1.807) is 36.1 Å². The quantitative estimate of drug-likeness (QED) is 0.664. The van der Waals surface area contributed by atoms with Crippen molar-refractivity contribution >= 4 is 23.7 Å². The number of esters is 1. The predicted molar refractivity (Wildman–Crippen MR) is 103 cm³/mol. The van der Waals surface area contributed by atoms with E-state index in [0.29, 0.717) is 36.8 Å². The largest absolute Gasteiger partial charge is 0.489 e. The van der Waals surface area contributed by atoms with E-state index in [1.165, 1.54) is 0 Å². The molecule has 150 valence electrons. The van der Waals surface area contributed by atoms with Gasteiger partial charge in [-0.1, -0.05) is 11.6 Å². The number of carbonyl (C=O) groups is 2. The molecule has 0 radical (unpaired) electrons. The SMILES string of the molecule is CCOC(=O)CC[C@@H]1C[C@H](Oc2ccc(Cl)cc2)CN1C(=O)OC(C)(C)C. The molecule has 0 bridgehead atoms. The van der Waals surface area contributed by atoms with Crippen LogP contribution in [-0.2, 0) is 14.3 Å². The van der Waals surface area contributed by atoms with Crippen molar-refractivity contribution in [3.63, 3.8) is 0 Å². The van der Waals surface area contributed by atoms with E-state index < -0.39 is 11.7 Å². The Bertz CT molecular complexity index is 641. The van der Waals surface area contributed by atoms with Crippen LogP contribution in [0.5, 0.6) is 5.75 Å². The van der Waals surface area contributed by atoms with Crippen LogP contribution in [0.3, 0.4) is 0 Å². The molecule has 1 fully saturated rings. The summed E-state index contributed by atoms with van der Waals surface area (Å²) in [6, 6.07) is 6.98. The number of likely N-dealkylation sites (tertiary alicyclic amines) is 1. The molecular formula is C20H28ClNO5. The number of hydrogen-bond donors (Lipinski definition) is 0. The van der Waals surface area contributed by atoms with Gasteiger partial charge in [0.1, 0.15) is 17.5 Å². The fourth-order valence-electron chi connectivity index (χ4n) is 3.00. The summed E-state index contributed by atoms with van der Waals surface area (Å²) in [5.74, 6) is 0.434. The molecule has 6 nitrogen and oxygen atoms in total. The Labute approximate surface area is 165 Å². The van der Waals surface area contributed by atoms with Gasteiger partial charge in [0.15, 0.2) is 0 Å². The second-order valence-corrected chi connectivity index (χ2v) is 8.00. The molecule has 0 aromatic heterocycles. The van der Waals surface area contributed by atoms with Crippen molar-refractivity contribution in [2.24, 2.45) is 0 Å². The molecule has 7 heteroatoms. The molecule has 0 saturated carbocycles. The van der Waals surface area contributed by atoms with Crippen LogP contribution in [0.4, 0.5) is 4.79 Å². The molecule has 2 atom stereocenters. The average molecular weight is 398 g/mol. The van der Waals surface area contributed by atoms with E-state index >= 15 is 0 Å². The van der Waals surface area contributed by atoms with Gasteiger partial charge in [-0.05, 0) is 58.4 Å². The standard InChI is InChI=1S/C20H28ClNO5/c1-5-25-18(23)11-8-15-12-17(26-16-9-6-14(21)7-10-16)13-22(15)19(24)27-20(2,3)4/h6-7,9-10,15,17H,5,8,11-13H2,1-4H3/t15-,17+/m1/s1. The fourth-order valence-corrected chi connectivity index (χ4v) is 3.13. The van der Waals surface area contributed by atoms with E-state index in [1.807, 2.05) is 20.8 Å². The molecule has 1 aliphatic rings. The number of carbonyl (C=O) groups excluding carboxylic acids is 2. The smallest absolute Gasteiger partial charge is 0.410 e. The maximum atomic E-state index is 12.6. The zero-order valence-corrected chi connectivity index (χ0v) is 17.1. The maximum Gasteiger partial charge on any atom is 0.410 e. The summed E-state index contributed by atoms with van der Waals surface area (Å²) < 4.78 is 16.5. The summed E-state index contributed by atoms with van der Waals surface area (Å²) in [4.78, 5) is 26.0. The highest BCUT2D eigenvalue weighted by Crippen LogP contribution is 2.28. The predicted octanol–water partition coefficient (Wildman–Crippen LogP) is 4.44. The number of benzene rings is 1. The Morgan fingerprint density at radius 2 is 1.89 bits per heavy atom. The van der Waals surface area contributed by atoms with Crippen LogP contribution in [0.1, 0.15) is 47.0 Å². The summed E-state index contributed by atoms with van der Waals surface area (Å²) in [6.45, 7) is 8.02. The average Bonchev–Trinajstić information content (AvgIpc) is 2.97. The highest BCUT2D eigenvalue weighted by Gasteiger charge is 2.38. The first-order valence-electron chi connectivity index (χ1n) is 9.25. The number of nitrogens with zero attached hydrogens (tertiary/aromatic N) is 1. The minimum Gasteiger partial charge on any atom is -0.489 e. The first-order chi connectivity index (χ1) is 12.7. The monoisotopic (exact) mass is 397 g/mol. The molecule has 1 amide bonds. The molecular weight excluding hydrogens is 370 g/mol. The van der Waals surface area contributed by atoms with Crippen molar-refractivity contribution in [3.05, 3.63) is 29.3 Å². The molecule has 1 aromatic rings. The molecule has 1 heterocycles. The van der Waals surface area contributed by atoms with Gasteiger partial charge in [0.25, 0.3) is 0 Å². The molecule has 0 N–H and O–H groups in total. The van der Waals surface area contributed by atoms with E-state index in [-0.39, 0.29) is 24.5 Å². The van der Waals surface area contributed by atoms with Gasteiger partial charge in [-0.15, -0.1) is 0 Å². The highest BCUT2D eigenvalue weighted by molar-refractivity contribution is 6.30. The Kier molecular flexibility index (Phi) is 7.36. The number of amides is 1. The molecule has 0 aliphatic carbocycles. The first kappa shape index (κ1) is 21.4. The van der Waals surface area contributed by atoms with E-state index in [4.69, 9.17) is 25.8 Å². The number of halogens is 1. The molecule has 1 aromatic carbocycles. The van der Waals surface area contributed by atoms with E-state index in [9.17, 15) is 9.59 Å². The van der Waals surface area contributed by atoms with Gasteiger partial charge in [0.2, 0.25) is 0 Å². The van der Waals surface area contributed by atoms with Crippen LogP contribution in [0.25, 0.3) is 0 Å². The van der Waals surface area contributed by atoms with Crippen molar-refractivity contribution in [2.45, 2.75) is 64.7 Å². The lowest BCUT2D eigenvalue weighted by molar-refractivity contribution is -0.143. The Balaban J connectivity index is 2.03. The van der Waals surface area contributed by atoms with Gasteiger partial charge in [-0.2, -0.15) is 0 Å². The van der Waals surface area contributed by atoms with Crippen molar-refractivity contribution in [1.82, 2.24) is 4.90 Å². The number of rotatable bonds is 6. The van der Waals surface area contributed by atoms with Crippen LogP contribution in [0.15, 0.2) is 24.3 Å². The molecule has 1 saturated heterocycles. The van der Waals surface area contributed by atoms with E-state index in [2.05, 4.69) is 0 Å². The van der Waals surface area contributed by atoms with Gasteiger partial charge >= 0.3 is 12.1 Å². The fraction of sp³-hybridized carbons (Fsp3) is 0.600. The second kappa shape index (κ2) is 9.31. The zero-order chi connectivity index (χ0) is 20.0. The van der Waals surface area contributed by atoms with Crippen molar-refractivity contribution in [3.8, 4) is 5.75 Å². The van der Waals surface area contributed by atoms with E-state index in [0.717, 1.165) is 0 Å². The maximum absolute atomic E-state index is 12.6. The van der Waals surface area contributed by atoms with Gasteiger partial charge in [-0.25, -0.2) is 4.79 Å². The summed E-state index contributed by atoms with van der Waals surface area (Å²) in [5, 5.41) is 0.636. The molecule has 2 rings (SSSR count). The molecule has 27 heavy (non-hydrogen) atoms. The Morgan fingerprint density at radius 3 is 2.48 bits per heavy atom. The van der Waals surface area contributed by atoms with Gasteiger partial charge in [0, 0.05) is 23.9 Å². The van der Waals surface area contributed by atoms with Crippen molar-refractivity contribution < 1.29 is 23.8 Å². The van der Waals surface area contributed by atoms with Gasteiger partial charge < -0.3 is 19.1 Å². The third-order valence-electron chi connectivity index (χ3n) is 4.11. The van der Waals surface area contributed by atoms with Gasteiger partial charge in [0.05, 0.1) is 13.2 Å². The van der Waals surface area contributed by atoms with Gasteiger partial charge in [-0.3, -0.25) is 4.79 Å². The summed E-state index contributed by atoms with van der Waals surface area (Å²) in [5.41, 5.74) is -0.585. The van der Waals surface area contributed by atoms with Crippen LogP contribution >= 0.6 is 11.6 Å². The normalized spacial score (nSPS) is 19.7. The van der Waals surface area contributed by atoms with Crippen LogP contribution in [-0.4, -0.2) is 47.9 Å². The topological polar surface area (TPSA) is 65.1 Å². The lowest BCUT2D eigenvalue weighted by atomic mass is 10.1. The minimum atomic E-state index is -0.585. The summed E-state index contributed by atoms with van der Waals surface area (Å²) >= 11 is 5.91. The molecule has 0 spiro atoms. The summed E-state index contributed by atoms with van der Waals surface area (Å²) in [7, 11) is 0. The minimum absolute atomic E-state index is 0.137. The zero-order valence-electron chi connectivity index (χ0n) is 16.4. The highest BCUT2D eigenvalue weighted by atomic mass is 35.5. The van der Waals surface area contributed by atoms with Crippen LogP contribution < -0.4 is 4.74 Å². The molecule has 0 unspecified atom stereocenters. The Morgan fingerprint density at radius 1 is 1.22 bits per heavy atom. The number of ether oxygens (including phenoxy) is 3.